The molecule has 2 radical (unpaired) electrons. The second-order valence-electron chi connectivity index (χ2n) is 5.41. The fourth-order valence-electron chi connectivity index (χ4n) is 1.91. The molecule has 24 heavy (non-hydrogen) atoms. The van der Waals surface area contributed by atoms with Gasteiger partial charge in [0.25, 0.3) is 5.91 Å². The molecular weight excluding hydrogens is 334 g/mol. The Balaban J connectivity index is 2.15. The molecule has 0 bridgehead atoms. The molecule has 1 amide bonds. The van der Waals surface area contributed by atoms with E-state index in [-0.39, 0.29) is 16.2 Å². The Morgan fingerprint density at radius 1 is 1.29 bits per heavy atom. The number of amides is 1. The van der Waals surface area contributed by atoms with Crippen molar-refractivity contribution in [2.75, 3.05) is 11.1 Å². The van der Waals surface area contributed by atoms with Gasteiger partial charge in [0.2, 0.25) is 0 Å². The molecule has 1 aromatic heterocycles. The molecule has 0 fully saturated rings. The van der Waals surface area contributed by atoms with Gasteiger partial charge in [-0.3, -0.25) is 9.78 Å². The normalized spacial score (nSPS) is 14.0. The topological polar surface area (TPSA) is 96.4 Å². The number of aromatic nitrogens is 1. The van der Waals surface area contributed by atoms with E-state index in [4.69, 9.17) is 7.85 Å². The third kappa shape index (κ3) is 4.39. The third-order valence-electron chi connectivity index (χ3n) is 3.18. The van der Waals surface area contributed by atoms with Crippen LogP contribution in [0.4, 0.5) is 10.1 Å². The van der Waals surface area contributed by atoms with Crippen LogP contribution in [0.3, 0.4) is 0 Å². The molecule has 0 aliphatic carbocycles. The number of pyridine rings is 1. The van der Waals surface area contributed by atoms with Gasteiger partial charge in [-0.15, -0.1) is 0 Å². The summed E-state index contributed by atoms with van der Waals surface area (Å²) >= 11 is 0. The number of rotatable bonds is 5. The monoisotopic (exact) mass is 348 g/mol. The van der Waals surface area contributed by atoms with Gasteiger partial charge in [-0.05, 0) is 48.9 Å². The van der Waals surface area contributed by atoms with Gasteiger partial charge in [0.05, 0.1) is 16.3 Å². The van der Waals surface area contributed by atoms with Gasteiger partial charge in [0, 0.05) is 6.20 Å². The average molecular weight is 348 g/mol. The van der Waals surface area contributed by atoms with Gasteiger partial charge >= 0.3 is 0 Å². The van der Waals surface area contributed by atoms with Crippen LogP contribution in [0.15, 0.2) is 47.5 Å². The summed E-state index contributed by atoms with van der Waals surface area (Å²) in [4.78, 5) is 15.7. The quantitative estimate of drug-likeness (QED) is 0.594. The first-order chi connectivity index (χ1) is 11.1. The minimum Gasteiger partial charge on any atom is -0.379 e. The van der Waals surface area contributed by atoms with E-state index in [0.29, 0.717) is 0 Å². The minimum absolute atomic E-state index is 0.189. The lowest BCUT2D eigenvalue weighted by molar-refractivity contribution is -0.130. The van der Waals surface area contributed by atoms with Gasteiger partial charge in [-0.1, -0.05) is 0 Å². The first-order valence-electron chi connectivity index (χ1n) is 6.84. The molecule has 0 saturated heterocycles. The van der Waals surface area contributed by atoms with Crippen molar-refractivity contribution in [3.63, 3.8) is 0 Å². The number of halogens is 1. The summed E-state index contributed by atoms with van der Waals surface area (Å²) in [6.45, 7) is 1.08. The van der Waals surface area contributed by atoms with Crippen molar-refractivity contribution in [1.29, 1.82) is 0 Å². The Hall–Kier alpha value is -2.26. The molecule has 1 aromatic carbocycles. The number of nitrogens with one attached hydrogen (secondary N) is 1. The number of hydrogen-bond donors (Lipinski definition) is 2. The van der Waals surface area contributed by atoms with Crippen LogP contribution in [0.5, 0.6) is 0 Å². The highest BCUT2D eigenvalue weighted by atomic mass is 32.2. The first-order valence-corrected chi connectivity index (χ1v) is 8.49. The van der Waals surface area contributed by atoms with E-state index in [2.05, 4.69) is 10.3 Å². The predicted octanol–water partition coefficient (Wildman–Crippen LogP) is 0.178. The van der Waals surface area contributed by atoms with Crippen LogP contribution in [-0.2, 0) is 14.6 Å². The minimum atomic E-state index is -3.99. The maximum atomic E-state index is 12.9. The Morgan fingerprint density at radius 2 is 1.92 bits per heavy atom. The van der Waals surface area contributed by atoms with Crippen LogP contribution in [0.25, 0.3) is 0 Å². The number of anilines is 1. The van der Waals surface area contributed by atoms with Crippen molar-refractivity contribution in [3.05, 3.63) is 48.4 Å². The van der Waals surface area contributed by atoms with E-state index in [1.807, 2.05) is 0 Å². The largest absolute Gasteiger partial charge is 0.379 e. The summed E-state index contributed by atoms with van der Waals surface area (Å²) < 4.78 is 37.4. The Bertz CT molecular complexity index is 837. The lowest BCUT2D eigenvalue weighted by Crippen LogP contribution is -2.45. The Morgan fingerprint density at radius 3 is 2.46 bits per heavy atom. The highest BCUT2D eigenvalue weighted by Crippen LogP contribution is 2.19. The number of hydrogen-bond acceptors (Lipinski definition) is 5. The fraction of sp³-hybridized carbons (Fsp3) is 0.200. The van der Waals surface area contributed by atoms with Gasteiger partial charge in [0.15, 0.2) is 15.4 Å². The maximum absolute atomic E-state index is 12.9. The molecule has 6 nitrogen and oxygen atoms in total. The van der Waals surface area contributed by atoms with E-state index in [0.717, 1.165) is 31.2 Å². The molecule has 2 aromatic rings. The van der Waals surface area contributed by atoms with Crippen LogP contribution >= 0.6 is 0 Å². The molecule has 9 heteroatoms. The number of benzene rings is 1. The van der Waals surface area contributed by atoms with Crippen LogP contribution in [0, 0.1) is 5.82 Å². The zero-order valence-corrected chi connectivity index (χ0v) is 13.5. The van der Waals surface area contributed by atoms with Gasteiger partial charge in [0.1, 0.15) is 13.7 Å². The fourth-order valence-corrected chi connectivity index (χ4v) is 3.49. The van der Waals surface area contributed by atoms with Gasteiger partial charge < -0.3 is 10.4 Å². The van der Waals surface area contributed by atoms with Crippen molar-refractivity contribution in [3.8, 4) is 0 Å². The third-order valence-corrected chi connectivity index (χ3v) is 5.11. The van der Waals surface area contributed by atoms with Crippen LogP contribution in [0.1, 0.15) is 6.92 Å². The van der Waals surface area contributed by atoms with E-state index in [1.54, 1.807) is 0 Å². The molecule has 0 aliphatic heterocycles. The summed E-state index contributed by atoms with van der Waals surface area (Å²) in [6, 6.07) is 7.03. The molecular formula is C15H14BFN2O4S. The molecule has 1 heterocycles. The summed E-state index contributed by atoms with van der Waals surface area (Å²) in [6.07, 6.45) is 1.28. The second kappa shape index (κ2) is 6.70. The summed E-state index contributed by atoms with van der Waals surface area (Å²) in [5.74, 6) is -2.37. The van der Waals surface area contributed by atoms with Crippen molar-refractivity contribution in [2.45, 2.75) is 17.4 Å². The maximum Gasteiger partial charge on any atom is 0.257 e. The number of aliphatic hydroxyl groups is 1. The van der Waals surface area contributed by atoms with Crippen molar-refractivity contribution in [2.24, 2.45) is 0 Å². The molecule has 0 unspecified atom stereocenters. The van der Waals surface area contributed by atoms with Crippen LogP contribution < -0.4 is 10.9 Å². The van der Waals surface area contributed by atoms with Gasteiger partial charge in [-0.25, -0.2) is 12.8 Å². The van der Waals surface area contributed by atoms with Crippen LogP contribution in [0.2, 0.25) is 0 Å². The zero-order chi connectivity index (χ0) is 18.0. The summed E-state index contributed by atoms with van der Waals surface area (Å²) in [5.41, 5.74) is -1.69. The standard InChI is InChI=1S/C15H14BFN2O4S/c1-15(21,14(20)19-11-4-7-13(16)18-8-11)9-24(22,23)12-5-2-10(17)3-6-12/h2-8,21H,9H2,1H3,(H,19,20)/t15-/m0/s1. The molecule has 0 saturated carbocycles. The number of nitrogens with zero attached hydrogens (tertiary/aromatic N) is 1. The number of sulfone groups is 1. The molecule has 0 spiro atoms. The summed E-state index contributed by atoms with van der Waals surface area (Å²) in [5, 5.41) is 12.6. The SMILES string of the molecule is [B]c1ccc(NC(=O)[C@@](C)(O)CS(=O)(=O)c2ccc(F)cc2)cn1. The lowest BCUT2D eigenvalue weighted by atomic mass is 10.0. The molecule has 1 atom stereocenters. The van der Waals surface area contributed by atoms with E-state index in [9.17, 15) is 22.7 Å². The van der Waals surface area contributed by atoms with Crippen molar-refractivity contribution in [1.82, 2.24) is 4.98 Å². The number of carbonyl (C=O) groups excluding carboxylic acids is 1. The van der Waals surface area contributed by atoms with E-state index >= 15 is 0 Å². The van der Waals surface area contributed by atoms with Crippen LogP contribution in [-0.4, -0.2) is 43.6 Å². The second-order valence-corrected chi connectivity index (χ2v) is 7.40. The van der Waals surface area contributed by atoms with E-state index < -0.39 is 32.9 Å². The lowest BCUT2D eigenvalue weighted by Gasteiger charge is -2.22. The predicted molar refractivity (Wildman–Crippen MR) is 87.3 cm³/mol. The molecule has 2 rings (SSSR count). The molecule has 124 valence electrons. The Kier molecular flexibility index (Phi) is 5.05. The van der Waals surface area contributed by atoms with Gasteiger partial charge in [-0.2, -0.15) is 0 Å². The van der Waals surface area contributed by atoms with Crippen molar-refractivity contribution >= 4 is 34.9 Å². The zero-order valence-electron chi connectivity index (χ0n) is 12.7. The number of carbonyl (C=O) groups is 1. The average Bonchev–Trinajstić information content (AvgIpc) is 2.49. The molecule has 2 N–H and O–H groups in total. The Labute approximate surface area is 140 Å². The van der Waals surface area contributed by atoms with Crippen molar-refractivity contribution < 1.29 is 22.7 Å². The molecule has 0 aliphatic rings. The summed E-state index contributed by atoms with van der Waals surface area (Å²) in [7, 11) is 1.43. The highest BCUT2D eigenvalue weighted by Gasteiger charge is 2.36. The van der Waals surface area contributed by atoms with E-state index in [1.165, 1.54) is 18.3 Å². The smallest absolute Gasteiger partial charge is 0.257 e. The highest BCUT2D eigenvalue weighted by molar-refractivity contribution is 7.91. The first kappa shape index (κ1) is 18.1.